The van der Waals surface area contributed by atoms with Gasteiger partial charge in [-0.15, -0.1) is 11.3 Å². The molecule has 6 nitrogen and oxygen atoms in total. The van der Waals surface area contributed by atoms with Crippen molar-refractivity contribution in [2.24, 2.45) is 0 Å². The quantitative estimate of drug-likeness (QED) is 0.518. The fourth-order valence-electron chi connectivity index (χ4n) is 2.43. The van der Waals surface area contributed by atoms with E-state index in [9.17, 15) is 4.79 Å². The van der Waals surface area contributed by atoms with E-state index in [0.29, 0.717) is 22.1 Å². The van der Waals surface area contributed by atoms with E-state index in [2.05, 4.69) is 15.3 Å². The van der Waals surface area contributed by atoms with Crippen LogP contribution in [0.1, 0.15) is 22.2 Å². The molecule has 0 unspecified atom stereocenters. The second kappa shape index (κ2) is 7.25. The molecular formula is C17H16ClN3O3S. The van der Waals surface area contributed by atoms with Gasteiger partial charge >= 0.3 is 5.97 Å². The van der Waals surface area contributed by atoms with Crippen molar-refractivity contribution in [2.45, 2.75) is 13.8 Å². The number of carbonyl (C=O) groups excluding carboxylic acids is 1. The van der Waals surface area contributed by atoms with E-state index in [4.69, 9.17) is 21.1 Å². The molecule has 0 amide bonds. The Kier molecular flexibility index (Phi) is 5.06. The van der Waals surface area contributed by atoms with Crippen molar-refractivity contribution < 1.29 is 14.3 Å². The highest BCUT2D eigenvalue weighted by Gasteiger charge is 2.20. The van der Waals surface area contributed by atoms with Crippen LogP contribution >= 0.6 is 22.9 Å². The highest BCUT2D eigenvalue weighted by molar-refractivity contribution is 7.20. The summed E-state index contributed by atoms with van der Waals surface area (Å²) in [6.07, 6.45) is 0. The number of benzene rings is 1. The minimum atomic E-state index is -0.399. The molecule has 130 valence electrons. The monoisotopic (exact) mass is 377 g/mol. The lowest BCUT2D eigenvalue weighted by Crippen LogP contribution is -2.00. The highest BCUT2D eigenvalue weighted by Crippen LogP contribution is 2.36. The van der Waals surface area contributed by atoms with Crippen LogP contribution in [-0.4, -0.2) is 29.7 Å². The van der Waals surface area contributed by atoms with Gasteiger partial charge in [0.25, 0.3) is 0 Å². The second-order valence-electron chi connectivity index (χ2n) is 5.15. The first kappa shape index (κ1) is 17.4. The van der Waals surface area contributed by atoms with Gasteiger partial charge in [0, 0.05) is 5.69 Å². The number of methoxy groups -OCH3 is 1. The second-order valence-corrected chi connectivity index (χ2v) is 6.49. The summed E-state index contributed by atoms with van der Waals surface area (Å²) in [5.74, 6) is 0.935. The maximum Gasteiger partial charge on any atom is 0.348 e. The fourth-order valence-corrected chi connectivity index (χ4v) is 3.75. The van der Waals surface area contributed by atoms with Crippen molar-refractivity contribution >= 4 is 50.6 Å². The van der Waals surface area contributed by atoms with Crippen molar-refractivity contribution in [3.05, 3.63) is 40.0 Å². The number of aryl methyl sites for hydroxylation is 1. The summed E-state index contributed by atoms with van der Waals surface area (Å²) in [6.45, 7) is 4.38. The van der Waals surface area contributed by atoms with E-state index >= 15 is 0 Å². The molecular weight excluding hydrogens is 362 g/mol. The molecule has 0 aliphatic heterocycles. The van der Waals surface area contributed by atoms with Gasteiger partial charge in [0.05, 0.1) is 19.1 Å². The molecule has 0 fully saturated rings. The molecule has 2 heterocycles. The first-order valence-electron chi connectivity index (χ1n) is 7.58. The minimum absolute atomic E-state index is 0.110. The summed E-state index contributed by atoms with van der Waals surface area (Å²) < 4.78 is 10.3. The van der Waals surface area contributed by atoms with Crippen LogP contribution in [0.3, 0.4) is 0 Å². The minimum Gasteiger partial charge on any atom is -0.494 e. The molecule has 0 aliphatic rings. The SMILES string of the molecule is CCOc1ccc(Nc2nc(Cl)nc3sc(C(=O)OC)c(C)c23)cc1. The maximum atomic E-state index is 11.9. The predicted octanol–water partition coefficient (Wildman–Crippen LogP) is 4.58. The van der Waals surface area contributed by atoms with Crippen LogP contribution in [0.5, 0.6) is 5.75 Å². The molecule has 0 saturated heterocycles. The first-order chi connectivity index (χ1) is 12.0. The summed E-state index contributed by atoms with van der Waals surface area (Å²) in [4.78, 5) is 21.6. The Hall–Kier alpha value is -2.38. The van der Waals surface area contributed by atoms with E-state index in [1.54, 1.807) is 0 Å². The standard InChI is InChI=1S/C17H16ClN3O3S/c1-4-24-11-7-5-10(6-8-11)19-14-12-9(2)13(16(22)23-3)25-15(12)21-17(18)20-14/h5-8H,4H2,1-3H3,(H,19,20,21). The topological polar surface area (TPSA) is 73.3 Å². The zero-order valence-electron chi connectivity index (χ0n) is 13.9. The predicted molar refractivity (Wildman–Crippen MR) is 99.4 cm³/mol. The van der Waals surface area contributed by atoms with Crippen LogP contribution in [0, 0.1) is 6.92 Å². The molecule has 0 bridgehead atoms. The summed E-state index contributed by atoms with van der Waals surface area (Å²) in [5.41, 5.74) is 1.58. The number of nitrogens with zero attached hydrogens (tertiary/aromatic N) is 2. The zero-order valence-corrected chi connectivity index (χ0v) is 15.5. The number of esters is 1. The third-order valence-corrected chi connectivity index (χ3v) is 4.90. The van der Waals surface area contributed by atoms with E-state index in [-0.39, 0.29) is 5.28 Å². The average molecular weight is 378 g/mol. The van der Waals surface area contributed by atoms with E-state index < -0.39 is 5.97 Å². The maximum absolute atomic E-state index is 11.9. The number of halogens is 1. The number of anilines is 2. The lowest BCUT2D eigenvalue weighted by atomic mass is 10.2. The number of ether oxygens (including phenoxy) is 2. The average Bonchev–Trinajstić information content (AvgIpc) is 2.93. The van der Waals surface area contributed by atoms with Crippen molar-refractivity contribution in [3.8, 4) is 5.75 Å². The molecule has 0 spiro atoms. The number of hydrogen-bond donors (Lipinski definition) is 1. The first-order valence-corrected chi connectivity index (χ1v) is 8.77. The van der Waals surface area contributed by atoms with E-state index in [1.165, 1.54) is 18.4 Å². The third kappa shape index (κ3) is 3.52. The van der Waals surface area contributed by atoms with Crippen molar-refractivity contribution in [1.29, 1.82) is 0 Å². The van der Waals surface area contributed by atoms with Gasteiger partial charge in [0.2, 0.25) is 5.28 Å². The largest absolute Gasteiger partial charge is 0.494 e. The molecule has 3 rings (SSSR count). The van der Waals surface area contributed by atoms with Gasteiger partial charge in [-0.1, -0.05) is 0 Å². The molecule has 8 heteroatoms. The number of nitrogens with one attached hydrogen (secondary N) is 1. The molecule has 25 heavy (non-hydrogen) atoms. The number of aromatic nitrogens is 2. The van der Waals surface area contributed by atoms with Gasteiger partial charge in [-0.2, -0.15) is 4.98 Å². The lowest BCUT2D eigenvalue weighted by molar-refractivity contribution is 0.0605. The zero-order chi connectivity index (χ0) is 18.0. The van der Waals surface area contributed by atoms with Gasteiger partial charge in [-0.25, -0.2) is 9.78 Å². The number of rotatable bonds is 5. The van der Waals surface area contributed by atoms with Crippen LogP contribution in [-0.2, 0) is 4.74 Å². The molecule has 0 aliphatic carbocycles. The molecule has 0 radical (unpaired) electrons. The lowest BCUT2D eigenvalue weighted by Gasteiger charge is -2.09. The Balaban J connectivity index is 2.03. The van der Waals surface area contributed by atoms with Crippen LogP contribution in [0.25, 0.3) is 10.2 Å². The van der Waals surface area contributed by atoms with E-state index in [1.807, 2.05) is 38.1 Å². The molecule has 1 N–H and O–H groups in total. The Labute approximate surface area is 153 Å². The van der Waals surface area contributed by atoms with Crippen LogP contribution < -0.4 is 10.1 Å². The summed E-state index contributed by atoms with van der Waals surface area (Å²) in [7, 11) is 1.35. The fraction of sp³-hybridized carbons (Fsp3) is 0.235. The van der Waals surface area contributed by atoms with Crippen LogP contribution in [0.4, 0.5) is 11.5 Å². The van der Waals surface area contributed by atoms with Crippen molar-refractivity contribution in [2.75, 3.05) is 19.0 Å². The van der Waals surface area contributed by atoms with Crippen LogP contribution in [0.15, 0.2) is 24.3 Å². The molecule has 0 atom stereocenters. The van der Waals surface area contributed by atoms with Crippen LogP contribution in [0.2, 0.25) is 5.28 Å². The van der Waals surface area contributed by atoms with Gasteiger partial charge < -0.3 is 14.8 Å². The van der Waals surface area contributed by atoms with Crippen molar-refractivity contribution in [3.63, 3.8) is 0 Å². The number of thiophene rings is 1. The Bertz CT molecular complexity index is 925. The van der Waals surface area contributed by atoms with Gasteiger partial charge in [-0.05, 0) is 55.3 Å². The number of carbonyl (C=O) groups is 1. The Morgan fingerprint density at radius 1 is 1.28 bits per heavy atom. The van der Waals surface area contributed by atoms with Gasteiger partial charge in [0.1, 0.15) is 21.3 Å². The van der Waals surface area contributed by atoms with E-state index in [0.717, 1.165) is 22.4 Å². The normalized spacial score (nSPS) is 10.7. The summed E-state index contributed by atoms with van der Waals surface area (Å²) in [6, 6.07) is 7.50. The number of hydrogen-bond acceptors (Lipinski definition) is 7. The van der Waals surface area contributed by atoms with Gasteiger partial charge in [-0.3, -0.25) is 0 Å². The molecule has 3 aromatic rings. The third-order valence-electron chi connectivity index (χ3n) is 3.56. The Morgan fingerprint density at radius 3 is 2.64 bits per heavy atom. The summed E-state index contributed by atoms with van der Waals surface area (Å²) in [5, 5.41) is 4.09. The summed E-state index contributed by atoms with van der Waals surface area (Å²) >= 11 is 7.27. The molecule has 0 saturated carbocycles. The number of fused-ring (bicyclic) bond motifs is 1. The molecule has 2 aromatic heterocycles. The Morgan fingerprint density at radius 2 is 2.00 bits per heavy atom. The molecule has 1 aromatic carbocycles. The smallest absolute Gasteiger partial charge is 0.348 e. The highest BCUT2D eigenvalue weighted by atomic mass is 35.5. The van der Waals surface area contributed by atoms with Crippen molar-refractivity contribution in [1.82, 2.24) is 9.97 Å². The van der Waals surface area contributed by atoms with Gasteiger partial charge in [0.15, 0.2) is 0 Å².